The summed E-state index contributed by atoms with van der Waals surface area (Å²) in [6, 6.07) is 16.4. The lowest BCUT2D eigenvalue weighted by atomic mass is 9.93. The summed E-state index contributed by atoms with van der Waals surface area (Å²) < 4.78 is 6.38. The fourth-order valence-corrected chi connectivity index (χ4v) is 5.45. The molecule has 8 heteroatoms. The maximum absolute atomic E-state index is 13.4. The summed E-state index contributed by atoms with van der Waals surface area (Å²) in [6.45, 7) is 6.13. The van der Waals surface area contributed by atoms with Crippen LogP contribution in [-0.4, -0.2) is 33.5 Å². The van der Waals surface area contributed by atoms with Crippen molar-refractivity contribution in [3.8, 4) is 11.5 Å². The van der Waals surface area contributed by atoms with Gasteiger partial charge in [-0.1, -0.05) is 41.2 Å². The molecule has 1 aliphatic heterocycles. The molecule has 0 bridgehead atoms. The zero-order valence-corrected chi connectivity index (χ0v) is 20.8. The molecule has 2 heterocycles. The van der Waals surface area contributed by atoms with Crippen LogP contribution in [0.25, 0.3) is 16.0 Å². The first kappa shape index (κ1) is 23.6. The van der Waals surface area contributed by atoms with Gasteiger partial charge in [-0.25, -0.2) is 4.98 Å². The van der Waals surface area contributed by atoms with E-state index < -0.39 is 17.7 Å². The van der Waals surface area contributed by atoms with Gasteiger partial charge < -0.3 is 14.9 Å². The molecule has 0 aliphatic carbocycles. The number of ketones is 1. The quantitative estimate of drug-likeness (QED) is 0.209. The van der Waals surface area contributed by atoms with Gasteiger partial charge in [0, 0.05) is 5.56 Å². The van der Waals surface area contributed by atoms with Gasteiger partial charge >= 0.3 is 5.91 Å². The fraction of sp³-hybridized carbons (Fsp3) is 0.179. The van der Waals surface area contributed by atoms with E-state index in [1.54, 1.807) is 30.3 Å². The molecule has 1 unspecified atom stereocenters. The Kier molecular flexibility index (Phi) is 5.97. The van der Waals surface area contributed by atoms with Crippen molar-refractivity contribution in [2.24, 2.45) is 0 Å². The molecule has 4 aromatic rings. The highest BCUT2D eigenvalue weighted by Gasteiger charge is 2.48. The van der Waals surface area contributed by atoms with E-state index in [0.717, 1.165) is 15.8 Å². The number of anilines is 1. The van der Waals surface area contributed by atoms with E-state index in [-0.39, 0.29) is 17.1 Å². The smallest absolute Gasteiger partial charge is 0.301 e. The number of aromatic nitrogens is 1. The van der Waals surface area contributed by atoms with Crippen LogP contribution in [0.15, 0.2) is 66.2 Å². The lowest BCUT2D eigenvalue weighted by Crippen LogP contribution is -2.29. The number of aromatic hydroxyl groups is 1. The van der Waals surface area contributed by atoms with Crippen LogP contribution in [0.3, 0.4) is 0 Å². The number of rotatable bonds is 5. The van der Waals surface area contributed by atoms with Crippen LogP contribution in [0.4, 0.5) is 5.13 Å². The largest absolute Gasteiger partial charge is 0.508 e. The Balaban J connectivity index is 1.73. The molecular weight excluding hydrogens is 476 g/mol. The summed E-state index contributed by atoms with van der Waals surface area (Å²) in [5, 5.41) is 21.9. The number of aliphatic hydroxyl groups is 1. The van der Waals surface area contributed by atoms with Gasteiger partial charge in [0.1, 0.15) is 17.3 Å². The number of aliphatic hydroxyl groups excluding tert-OH is 1. The summed E-state index contributed by atoms with van der Waals surface area (Å²) in [7, 11) is 0. The molecular formula is C28H24N2O5S. The summed E-state index contributed by atoms with van der Waals surface area (Å²) in [5.74, 6) is -1.20. The Hall–Kier alpha value is -4.17. The number of ether oxygens (including phenoxy) is 1. The van der Waals surface area contributed by atoms with Crippen molar-refractivity contribution in [3.63, 3.8) is 0 Å². The van der Waals surface area contributed by atoms with E-state index in [2.05, 4.69) is 4.98 Å². The summed E-state index contributed by atoms with van der Waals surface area (Å²) in [6.07, 6.45) is 0. The first-order chi connectivity index (χ1) is 17.3. The van der Waals surface area contributed by atoms with E-state index >= 15 is 0 Å². The van der Waals surface area contributed by atoms with Crippen LogP contribution >= 0.6 is 11.3 Å². The number of phenolic OH excluding ortho intramolecular Hbond substituents is 1. The highest BCUT2D eigenvalue weighted by Crippen LogP contribution is 2.45. The molecule has 0 spiro atoms. The second-order valence-electron chi connectivity index (χ2n) is 8.64. The highest BCUT2D eigenvalue weighted by molar-refractivity contribution is 7.22. The number of thiazole rings is 1. The SMILES string of the molecule is CCOc1ccc2nc(N3C(=O)C(=O)/C(=C(/O)c4cc(C)ccc4C)C3c3cccc(O)c3)sc2c1. The maximum Gasteiger partial charge on any atom is 0.301 e. The first-order valence-electron chi connectivity index (χ1n) is 11.5. The van der Waals surface area contributed by atoms with Gasteiger partial charge in [0.15, 0.2) is 5.13 Å². The number of nitrogens with zero attached hydrogens (tertiary/aromatic N) is 2. The predicted octanol–water partition coefficient (Wildman–Crippen LogP) is 5.64. The standard InChI is InChI=1S/C28H24N2O5S/c1-4-35-19-10-11-21-22(14-19)36-28(29-21)30-24(17-6-5-7-18(31)13-17)23(26(33)27(30)34)25(32)20-12-15(2)8-9-16(20)3/h5-14,24,31-32H,4H2,1-3H3/b25-23+. The summed E-state index contributed by atoms with van der Waals surface area (Å²) in [4.78, 5) is 32.8. The average molecular weight is 501 g/mol. The van der Waals surface area contributed by atoms with Crippen LogP contribution in [-0.2, 0) is 9.59 Å². The zero-order chi connectivity index (χ0) is 25.6. The van der Waals surface area contributed by atoms with Crippen molar-refractivity contribution in [2.45, 2.75) is 26.8 Å². The fourth-order valence-electron chi connectivity index (χ4n) is 4.43. The Bertz CT molecular complexity index is 1550. The highest BCUT2D eigenvalue weighted by atomic mass is 32.1. The molecule has 1 aromatic heterocycles. The van der Waals surface area contributed by atoms with E-state index in [4.69, 9.17) is 4.74 Å². The van der Waals surface area contributed by atoms with Crippen molar-refractivity contribution in [2.75, 3.05) is 11.5 Å². The van der Waals surface area contributed by atoms with Gasteiger partial charge in [-0.2, -0.15) is 0 Å². The second kappa shape index (κ2) is 9.13. The summed E-state index contributed by atoms with van der Waals surface area (Å²) >= 11 is 1.25. The minimum absolute atomic E-state index is 0.0181. The second-order valence-corrected chi connectivity index (χ2v) is 9.65. The lowest BCUT2D eigenvalue weighted by Gasteiger charge is -2.23. The molecule has 1 atom stereocenters. The molecule has 7 nitrogen and oxygen atoms in total. The number of fused-ring (bicyclic) bond motifs is 1. The molecule has 5 rings (SSSR count). The average Bonchev–Trinajstić information content (AvgIpc) is 3.38. The van der Waals surface area contributed by atoms with E-state index in [1.807, 2.05) is 39.0 Å². The zero-order valence-electron chi connectivity index (χ0n) is 20.0. The van der Waals surface area contributed by atoms with Crippen molar-refractivity contribution >= 4 is 44.1 Å². The number of hydrogen-bond acceptors (Lipinski definition) is 7. The number of carbonyl (C=O) groups is 2. The number of hydrogen-bond donors (Lipinski definition) is 2. The third-order valence-corrected chi connectivity index (χ3v) is 7.16. The Morgan fingerprint density at radius 3 is 2.64 bits per heavy atom. The molecule has 182 valence electrons. The van der Waals surface area contributed by atoms with Crippen molar-refractivity contribution < 1.29 is 24.5 Å². The first-order valence-corrected chi connectivity index (χ1v) is 12.3. The van der Waals surface area contributed by atoms with Gasteiger partial charge in [-0.3, -0.25) is 14.5 Å². The minimum Gasteiger partial charge on any atom is -0.508 e. The van der Waals surface area contributed by atoms with Crippen LogP contribution in [0, 0.1) is 13.8 Å². The van der Waals surface area contributed by atoms with Gasteiger partial charge in [0.05, 0.1) is 28.4 Å². The Labute approximate surface area is 211 Å². The van der Waals surface area contributed by atoms with Gasteiger partial charge in [-0.15, -0.1) is 0 Å². The van der Waals surface area contributed by atoms with Crippen molar-refractivity contribution in [1.82, 2.24) is 4.98 Å². The van der Waals surface area contributed by atoms with Crippen LogP contribution in [0.5, 0.6) is 11.5 Å². The predicted molar refractivity (Wildman–Crippen MR) is 140 cm³/mol. The number of amides is 1. The molecule has 0 radical (unpaired) electrons. The number of aryl methyl sites for hydroxylation is 2. The molecule has 1 fully saturated rings. The topological polar surface area (TPSA) is 100.0 Å². The van der Waals surface area contributed by atoms with E-state index in [1.165, 1.54) is 28.4 Å². The van der Waals surface area contributed by atoms with E-state index in [9.17, 15) is 19.8 Å². The number of benzene rings is 3. The Morgan fingerprint density at radius 2 is 1.89 bits per heavy atom. The van der Waals surface area contributed by atoms with Gasteiger partial charge in [-0.05, 0) is 68.3 Å². The maximum atomic E-state index is 13.4. The molecule has 1 aliphatic rings. The molecule has 1 saturated heterocycles. The molecule has 0 saturated carbocycles. The lowest BCUT2D eigenvalue weighted by molar-refractivity contribution is -0.132. The molecule has 36 heavy (non-hydrogen) atoms. The number of Topliss-reactive ketones (excluding diaryl/α,β-unsaturated/α-hetero) is 1. The van der Waals surface area contributed by atoms with Gasteiger partial charge in [0.25, 0.3) is 5.78 Å². The van der Waals surface area contributed by atoms with E-state index in [0.29, 0.717) is 34.1 Å². The summed E-state index contributed by atoms with van der Waals surface area (Å²) in [5.41, 5.74) is 3.24. The Morgan fingerprint density at radius 1 is 1.08 bits per heavy atom. The van der Waals surface area contributed by atoms with Crippen LogP contribution < -0.4 is 9.64 Å². The third-order valence-electron chi connectivity index (χ3n) is 6.14. The van der Waals surface area contributed by atoms with Crippen molar-refractivity contribution in [3.05, 3.63) is 88.5 Å². The normalized spacial score (nSPS) is 17.2. The number of carbonyl (C=O) groups excluding carboxylic acids is 2. The van der Waals surface area contributed by atoms with Gasteiger partial charge in [0.2, 0.25) is 0 Å². The molecule has 3 aromatic carbocycles. The number of phenols is 1. The molecule has 1 amide bonds. The monoisotopic (exact) mass is 500 g/mol. The van der Waals surface area contributed by atoms with Crippen LogP contribution in [0.2, 0.25) is 0 Å². The minimum atomic E-state index is -0.969. The van der Waals surface area contributed by atoms with Crippen LogP contribution in [0.1, 0.15) is 35.2 Å². The van der Waals surface area contributed by atoms with Crippen molar-refractivity contribution in [1.29, 1.82) is 0 Å². The third kappa shape index (κ3) is 3.99. The molecule has 2 N–H and O–H groups in total.